The van der Waals surface area contributed by atoms with Crippen LogP contribution in [-0.2, 0) is 24.6 Å². The summed E-state index contributed by atoms with van der Waals surface area (Å²) in [6.07, 6.45) is -4.80. The monoisotopic (exact) mass is 590 g/mol. The predicted molar refractivity (Wildman–Crippen MR) is 154 cm³/mol. The van der Waals surface area contributed by atoms with Crippen molar-refractivity contribution in [2.45, 2.75) is 37.1 Å². The number of esters is 1. The summed E-state index contributed by atoms with van der Waals surface area (Å²) in [5, 5.41) is 0. The van der Waals surface area contributed by atoms with Gasteiger partial charge in [-0.2, -0.15) is 0 Å². The maximum atomic E-state index is 15.8. The highest BCUT2D eigenvalue weighted by Gasteiger charge is 2.50. The molecule has 4 aromatic rings. The minimum Gasteiger partial charge on any atom is -0.497 e. The fourth-order valence-electron chi connectivity index (χ4n) is 5.29. The Morgan fingerprint density at radius 1 is 0.884 bits per heavy atom. The first kappa shape index (κ1) is 29.7. The minimum atomic E-state index is -1.94. The Labute approximate surface area is 246 Å². The van der Waals surface area contributed by atoms with E-state index in [1.165, 1.54) is 0 Å². The van der Waals surface area contributed by atoms with Crippen LogP contribution in [0.2, 0.25) is 0 Å². The number of aromatic nitrogens is 2. The number of halogens is 1. The van der Waals surface area contributed by atoms with Crippen LogP contribution in [0.4, 0.5) is 4.39 Å². The van der Waals surface area contributed by atoms with Crippen molar-refractivity contribution in [3.63, 3.8) is 0 Å². The zero-order valence-electron chi connectivity index (χ0n) is 23.8. The topological polar surface area (TPSA) is 118 Å². The average Bonchev–Trinajstić information content (AvgIpc) is 3.32. The number of alkyl halides is 1. The molecular weight excluding hydrogens is 559 g/mol. The molecule has 5 rings (SSSR count). The van der Waals surface area contributed by atoms with E-state index in [0.717, 1.165) is 40.4 Å². The SMILES string of the molecule is COc1ccc(C(OC[C@H]2O[C@@H](n3ccc(=O)[nH]c3=O)[C@H](F)[C@@H]2OC(C)=O)(c2ccccc2)c2ccc(OC)cc2)cc1. The van der Waals surface area contributed by atoms with Gasteiger partial charge in [0, 0.05) is 19.2 Å². The molecule has 0 radical (unpaired) electrons. The Bertz CT molecular complexity index is 1610. The summed E-state index contributed by atoms with van der Waals surface area (Å²) in [6, 6.07) is 25.3. The first-order chi connectivity index (χ1) is 20.8. The zero-order chi connectivity index (χ0) is 30.6. The highest BCUT2D eigenvalue weighted by Crippen LogP contribution is 2.43. The summed E-state index contributed by atoms with van der Waals surface area (Å²) in [7, 11) is 3.15. The molecule has 0 amide bonds. The molecule has 1 fully saturated rings. The third-order valence-corrected chi connectivity index (χ3v) is 7.33. The highest BCUT2D eigenvalue weighted by molar-refractivity contribution is 5.66. The standard InChI is InChI=1S/C32H31FN2O8/c1-20(36)42-29-26(43-30(28(29)33)35-18-17-27(37)34-31(35)38)19-41-32(21-7-5-4-6-8-21,22-9-13-24(39-2)14-10-22)23-11-15-25(40-3)16-12-23/h4-18,26,28-30H,19H2,1-3H3,(H,34,37,38)/t26-,28-,29-,30-/m1/s1. The first-order valence-corrected chi connectivity index (χ1v) is 13.5. The number of carbonyl (C=O) groups is 1. The number of nitrogens with zero attached hydrogens (tertiary/aromatic N) is 1. The van der Waals surface area contributed by atoms with E-state index in [4.69, 9.17) is 23.7 Å². The molecule has 1 aromatic heterocycles. The second-order valence-corrected chi connectivity index (χ2v) is 9.92. The third-order valence-electron chi connectivity index (χ3n) is 7.33. The quantitative estimate of drug-likeness (QED) is 0.219. The molecule has 0 aliphatic carbocycles. The van der Waals surface area contributed by atoms with Crippen LogP contribution in [0.5, 0.6) is 11.5 Å². The second-order valence-electron chi connectivity index (χ2n) is 9.92. The summed E-state index contributed by atoms with van der Waals surface area (Å²) < 4.78 is 45.7. The zero-order valence-corrected chi connectivity index (χ0v) is 23.8. The molecule has 11 heteroatoms. The van der Waals surface area contributed by atoms with E-state index in [9.17, 15) is 14.4 Å². The van der Waals surface area contributed by atoms with Gasteiger partial charge in [-0.25, -0.2) is 9.18 Å². The van der Waals surface area contributed by atoms with Gasteiger partial charge in [0.1, 0.15) is 23.2 Å². The van der Waals surface area contributed by atoms with Crippen LogP contribution < -0.4 is 20.7 Å². The van der Waals surface area contributed by atoms with E-state index >= 15 is 4.39 Å². The fraction of sp³-hybridized carbons (Fsp3) is 0.281. The summed E-state index contributed by atoms with van der Waals surface area (Å²) >= 11 is 0. The molecule has 0 saturated carbocycles. The number of hydrogen-bond acceptors (Lipinski definition) is 8. The smallest absolute Gasteiger partial charge is 0.330 e. The van der Waals surface area contributed by atoms with Crippen molar-refractivity contribution in [3.05, 3.63) is 129 Å². The normalized spacial score (nSPS) is 20.0. The molecule has 1 saturated heterocycles. The summed E-state index contributed by atoms with van der Waals surface area (Å²) in [5.74, 6) is 0.559. The van der Waals surface area contributed by atoms with Gasteiger partial charge in [-0.3, -0.25) is 19.1 Å². The number of benzene rings is 3. The Morgan fingerprint density at radius 3 is 1.95 bits per heavy atom. The van der Waals surface area contributed by atoms with E-state index in [0.29, 0.717) is 11.5 Å². The van der Waals surface area contributed by atoms with Crippen LogP contribution in [0.15, 0.2) is 101 Å². The molecule has 224 valence electrons. The third kappa shape index (κ3) is 5.95. The van der Waals surface area contributed by atoms with Crippen LogP contribution in [0, 0.1) is 0 Å². The van der Waals surface area contributed by atoms with Crippen molar-refractivity contribution < 1.29 is 32.9 Å². The van der Waals surface area contributed by atoms with Crippen molar-refractivity contribution in [2.75, 3.05) is 20.8 Å². The largest absolute Gasteiger partial charge is 0.497 e. The second kappa shape index (κ2) is 12.6. The number of hydrogen-bond donors (Lipinski definition) is 1. The molecule has 1 aliphatic heterocycles. The summed E-state index contributed by atoms with van der Waals surface area (Å²) in [4.78, 5) is 38.2. The molecular formula is C32H31FN2O8. The molecule has 43 heavy (non-hydrogen) atoms. The maximum Gasteiger partial charge on any atom is 0.330 e. The summed E-state index contributed by atoms with van der Waals surface area (Å²) in [6.45, 7) is 0.910. The van der Waals surface area contributed by atoms with E-state index < -0.39 is 47.4 Å². The van der Waals surface area contributed by atoms with Crippen LogP contribution >= 0.6 is 0 Å². The number of nitrogens with one attached hydrogen (secondary N) is 1. The minimum absolute atomic E-state index is 0.250. The average molecular weight is 591 g/mol. The molecule has 1 aliphatic rings. The maximum absolute atomic E-state index is 15.8. The Hall–Kier alpha value is -4.74. The van der Waals surface area contributed by atoms with Crippen LogP contribution in [0.25, 0.3) is 0 Å². The molecule has 1 N–H and O–H groups in total. The predicted octanol–water partition coefficient (Wildman–Crippen LogP) is 3.73. The van der Waals surface area contributed by atoms with Gasteiger partial charge in [0.05, 0.1) is 20.8 Å². The fourth-order valence-corrected chi connectivity index (χ4v) is 5.29. The van der Waals surface area contributed by atoms with E-state index in [1.54, 1.807) is 14.2 Å². The molecule has 0 spiro atoms. The van der Waals surface area contributed by atoms with Gasteiger partial charge in [-0.15, -0.1) is 0 Å². The molecule has 2 heterocycles. The Kier molecular flexibility index (Phi) is 8.74. The Balaban J connectivity index is 1.60. The first-order valence-electron chi connectivity index (χ1n) is 13.5. The van der Waals surface area contributed by atoms with E-state index in [1.807, 2.05) is 78.9 Å². The lowest BCUT2D eigenvalue weighted by Crippen LogP contribution is -2.40. The number of methoxy groups -OCH3 is 2. The summed E-state index contributed by atoms with van der Waals surface area (Å²) in [5.41, 5.74) is -0.523. The number of ether oxygens (including phenoxy) is 5. The molecule has 10 nitrogen and oxygen atoms in total. The van der Waals surface area contributed by atoms with Gasteiger partial charge in [0.2, 0.25) is 0 Å². The number of rotatable bonds is 10. The molecule has 4 atom stereocenters. The lowest BCUT2D eigenvalue weighted by atomic mass is 9.80. The number of aromatic amines is 1. The molecule has 3 aromatic carbocycles. The molecule has 0 unspecified atom stereocenters. The van der Waals surface area contributed by atoms with Gasteiger partial charge in [0.25, 0.3) is 5.56 Å². The van der Waals surface area contributed by atoms with Crippen LogP contribution in [0.1, 0.15) is 29.8 Å². The van der Waals surface area contributed by atoms with Crippen molar-refractivity contribution in [2.24, 2.45) is 0 Å². The molecule has 0 bridgehead atoms. The van der Waals surface area contributed by atoms with Crippen molar-refractivity contribution in [1.82, 2.24) is 9.55 Å². The van der Waals surface area contributed by atoms with Gasteiger partial charge >= 0.3 is 11.7 Å². The van der Waals surface area contributed by atoms with E-state index in [2.05, 4.69) is 4.98 Å². The van der Waals surface area contributed by atoms with Crippen LogP contribution in [0.3, 0.4) is 0 Å². The van der Waals surface area contributed by atoms with Gasteiger partial charge in [-0.1, -0.05) is 54.6 Å². The lowest BCUT2D eigenvalue weighted by Gasteiger charge is -2.37. The van der Waals surface area contributed by atoms with Crippen molar-refractivity contribution in [1.29, 1.82) is 0 Å². The van der Waals surface area contributed by atoms with E-state index in [-0.39, 0.29) is 6.61 Å². The van der Waals surface area contributed by atoms with Crippen molar-refractivity contribution >= 4 is 5.97 Å². The van der Waals surface area contributed by atoms with Gasteiger partial charge < -0.3 is 23.7 Å². The highest BCUT2D eigenvalue weighted by atomic mass is 19.1. The number of carbonyl (C=O) groups excluding carboxylic acids is 1. The number of H-pyrrole nitrogens is 1. The van der Waals surface area contributed by atoms with Gasteiger partial charge in [-0.05, 0) is 41.0 Å². The lowest BCUT2D eigenvalue weighted by molar-refractivity contribution is -0.154. The van der Waals surface area contributed by atoms with Gasteiger partial charge in [0.15, 0.2) is 18.5 Å². The Morgan fingerprint density at radius 2 is 1.44 bits per heavy atom. The van der Waals surface area contributed by atoms with Crippen LogP contribution in [-0.4, -0.2) is 54.7 Å². The van der Waals surface area contributed by atoms with Crippen molar-refractivity contribution in [3.8, 4) is 11.5 Å².